The molecule has 9 aromatic rings. The van der Waals surface area contributed by atoms with Crippen LogP contribution in [-0.2, 0) is 0 Å². The first kappa shape index (κ1) is 30.6. The van der Waals surface area contributed by atoms with Crippen molar-refractivity contribution in [2.75, 3.05) is 0 Å². The molecule has 0 amide bonds. The molecule has 2 heterocycles. The molecule has 4 heteroatoms. The highest BCUT2D eigenvalue weighted by atomic mass is 16.5. The highest BCUT2D eigenvalue weighted by molar-refractivity contribution is 6.04. The topological polar surface area (TPSA) is 47.9 Å². The number of hydrogen-bond acceptors (Lipinski definition) is 4. The average Bonchev–Trinajstić information content (AvgIpc) is 3.24. The van der Waals surface area contributed by atoms with Crippen molar-refractivity contribution >= 4 is 10.8 Å². The Morgan fingerprint density at radius 3 is 1.49 bits per heavy atom. The van der Waals surface area contributed by atoms with Gasteiger partial charge in [0.15, 0.2) is 17.5 Å². The van der Waals surface area contributed by atoms with Gasteiger partial charge in [-0.1, -0.05) is 158 Å². The lowest BCUT2D eigenvalue weighted by Crippen LogP contribution is -2.01. The number of ether oxygens (including phenoxy) is 1. The first-order chi connectivity index (χ1) is 26.2. The van der Waals surface area contributed by atoms with E-state index in [0.29, 0.717) is 17.5 Å². The number of hydrogen-bond donors (Lipinski definition) is 0. The van der Waals surface area contributed by atoms with Gasteiger partial charge in [0.25, 0.3) is 0 Å². The second kappa shape index (κ2) is 12.9. The minimum absolute atomic E-state index is 0.619. The zero-order valence-corrected chi connectivity index (χ0v) is 28.6. The maximum atomic E-state index is 6.36. The third-order valence-electron chi connectivity index (χ3n) is 9.95. The van der Waals surface area contributed by atoms with Crippen LogP contribution in [-0.4, -0.2) is 15.0 Å². The molecule has 0 N–H and O–H groups in total. The van der Waals surface area contributed by atoms with Gasteiger partial charge in [0, 0.05) is 27.6 Å². The molecule has 0 saturated carbocycles. The second-order valence-corrected chi connectivity index (χ2v) is 13.2. The Kier molecular flexibility index (Phi) is 7.43. The molecule has 4 nitrogen and oxygen atoms in total. The quantitative estimate of drug-likeness (QED) is 0.176. The van der Waals surface area contributed by atoms with Crippen molar-refractivity contribution in [3.8, 4) is 90.2 Å². The van der Waals surface area contributed by atoms with E-state index < -0.39 is 0 Å². The maximum absolute atomic E-state index is 6.36. The fourth-order valence-electron chi connectivity index (χ4n) is 7.30. The molecular weight excluding hydrogens is 647 g/mol. The van der Waals surface area contributed by atoms with Crippen LogP contribution >= 0.6 is 0 Å². The molecule has 0 aliphatic carbocycles. The standard InChI is InChI=1S/C49H31N3O/c1-4-12-32(13-5-1)38-26-28-41(42(30-38)34-14-6-2-7-15-34)49-51-47(36-16-8-3-9-17-36)50-48(52-49)37-24-22-33(23-25-37)39-27-29-44-43(31-39)40-20-10-18-35-19-11-21-45(53-44)46(35)40/h1-31H. The Bertz CT molecular complexity index is 2780. The summed E-state index contributed by atoms with van der Waals surface area (Å²) in [5, 5.41) is 2.33. The first-order valence-electron chi connectivity index (χ1n) is 17.8. The smallest absolute Gasteiger partial charge is 0.164 e. The van der Waals surface area contributed by atoms with Gasteiger partial charge in [-0.25, -0.2) is 15.0 Å². The van der Waals surface area contributed by atoms with Gasteiger partial charge in [-0.05, 0) is 74.7 Å². The molecule has 10 rings (SSSR count). The minimum Gasteiger partial charge on any atom is -0.456 e. The van der Waals surface area contributed by atoms with E-state index in [0.717, 1.165) is 72.5 Å². The van der Waals surface area contributed by atoms with Crippen LogP contribution in [0.2, 0.25) is 0 Å². The van der Waals surface area contributed by atoms with E-state index in [4.69, 9.17) is 19.7 Å². The highest BCUT2D eigenvalue weighted by Crippen LogP contribution is 2.47. The largest absolute Gasteiger partial charge is 0.456 e. The van der Waals surface area contributed by atoms with Crippen LogP contribution < -0.4 is 4.74 Å². The van der Waals surface area contributed by atoms with Crippen LogP contribution in [0, 0.1) is 0 Å². The molecule has 53 heavy (non-hydrogen) atoms. The summed E-state index contributed by atoms with van der Waals surface area (Å²) in [6, 6.07) is 65.1. The van der Waals surface area contributed by atoms with Crippen molar-refractivity contribution in [3.63, 3.8) is 0 Å². The summed E-state index contributed by atoms with van der Waals surface area (Å²) in [5.41, 5.74) is 11.7. The average molecular weight is 678 g/mol. The predicted molar refractivity (Wildman–Crippen MR) is 215 cm³/mol. The molecule has 0 bridgehead atoms. The van der Waals surface area contributed by atoms with Gasteiger partial charge in [-0.15, -0.1) is 0 Å². The van der Waals surface area contributed by atoms with Crippen LogP contribution in [0.3, 0.4) is 0 Å². The van der Waals surface area contributed by atoms with Gasteiger partial charge in [0.2, 0.25) is 0 Å². The van der Waals surface area contributed by atoms with Crippen molar-refractivity contribution in [1.82, 2.24) is 15.0 Å². The number of rotatable bonds is 6. The van der Waals surface area contributed by atoms with Crippen molar-refractivity contribution in [2.45, 2.75) is 0 Å². The second-order valence-electron chi connectivity index (χ2n) is 13.2. The first-order valence-corrected chi connectivity index (χ1v) is 17.8. The molecule has 0 radical (unpaired) electrons. The van der Waals surface area contributed by atoms with Crippen molar-refractivity contribution in [3.05, 3.63) is 188 Å². The molecule has 1 aromatic heterocycles. The monoisotopic (exact) mass is 677 g/mol. The molecule has 248 valence electrons. The summed E-state index contributed by atoms with van der Waals surface area (Å²) in [7, 11) is 0. The zero-order chi connectivity index (χ0) is 35.1. The molecule has 0 spiro atoms. The Morgan fingerprint density at radius 2 is 0.792 bits per heavy atom. The minimum atomic E-state index is 0.619. The number of nitrogens with zero attached hydrogens (tertiary/aromatic N) is 3. The number of benzene rings is 8. The normalized spacial score (nSPS) is 11.5. The summed E-state index contributed by atoms with van der Waals surface area (Å²) >= 11 is 0. The molecule has 0 atom stereocenters. The molecule has 1 aliphatic rings. The van der Waals surface area contributed by atoms with E-state index in [-0.39, 0.29) is 0 Å². The summed E-state index contributed by atoms with van der Waals surface area (Å²) < 4.78 is 6.36. The van der Waals surface area contributed by atoms with Gasteiger partial charge in [0.05, 0.1) is 0 Å². The Hall–Kier alpha value is -7.17. The SMILES string of the molecule is c1ccc(-c2ccc(-c3nc(-c4ccccc4)nc(-c4ccc(-c5ccc6c(c5)-c5cccc7cccc(c57)O6)cc4)n3)c(-c3ccccc3)c2)cc1. The summed E-state index contributed by atoms with van der Waals surface area (Å²) in [6.45, 7) is 0. The van der Waals surface area contributed by atoms with Crippen molar-refractivity contribution in [1.29, 1.82) is 0 Å². The summed E-state index contributed by atoms with van der Waals surface area (Å²) in [5.74, 6) is 3.64. The predicted octanol–water partition coefficient (Wildman–Crippen LogP) is 12.8. The molecule has 1 aliphatic heterocycles. The van der Waals surface area contributed by atoms with Crippen LogP contribution in [0.4, 0.5) is 0 Å². The Morgan fingerprint density at radius 1 is 0.283 bits per heavy atom. The van der Waals surface area contributed by atoms with Crippen molar-refractivity contribution < 1.29 is 4.74 Å². The lowest BCUT2D eigenvalue weighted by molar-refractivity contribution is 0.487. The zero-order valence-electron chi connectivity index (χ0n) is 28.6. The van der Waals surface area contributed by atoms with Gasteiger partial charge < -0.3 is 4.74 Å². The molecule has 0 saturated heterocycles. The fourth-order valence-corrected chi connectivity index (χ4v) is 7.30. The van der Waals surface area contributed by atoms with Crippen LogP contribution in [0.5, 0.6) is 11.5 Å². The Labute approximate surface area is 307 Å². The molecule has 8 aromatic carbocycles. The van der Waals surface area contributed by atoms with Crippen molar-refractivity contribution in [2.24, 2.45) is 0 Å². The fraction of sp³-hybridized carbons (Fsp3) is 0. The Balaban J connectivity index is 1.07. The summed E-state index contributed by atoms with van der Waals surface area (Å²) in [4.78, 5) is 15.3. The molecular formula is C49H31N3O. The van der Waals surface area contributed by atoms with E-state index in [1.807, 2.05) is 54.6 Å². The lowest BCUT2D eigenvalue weighted by Gasteiger charge is -2.22. The van der Waals surface area contributed by atoms with Gasteiger partial charge in [-0.2, -0.15) is 0 Å². The van der Waals surface area contributed by atoms with Gasteiger partial charge in [0.1, 0.15) is 11.5 Å². The van der Waals surface area contributed by atoms with E-state index in [1.165, 1.54) is 10.9 Å². The third kappa shape index (κ3) is 5.63. The molecule has 0 fully saturated rings. The van der Waals surface area contributed by atoms with E-state index >= 15 is 0 Å². The maximum Gasteiger partial charge on any atom is 0.164 e. The number of fused-ring (bicyclic) bond motifs is 2. The van der Waals surface area contributed by atoms with Gasteiger partial charge in [-0.3, -0.25) is 0 Å². The third-order valence-corrected chi connectivity index (χ3v) is 9.95. The van der Waals surface area contributed by atoms with Crippen LogP contribution in [0.15, 0.2) is 188 Å². The highest BCUT2D eigenvalue weighted by Gasteiger charge is 2.21. The van der Waals surface area contributed by atoms with Gasteiger partial charge >= 0.3 is 0 Å². The van der Waals surface area contributed by atoms with Crippen LogP contribution in [0.1, 0.15) is 0 Å². The van der Waals surface area contributed by atoms with E-state index in [9.17, 15) is 0 Å². The van der Waals surface area contributed by atoms with Crippen LogP contribution in [0.25, 0.3) is 89.4 Å². The number of aromatic nitrogens is 3. The lowest BCUT2D eigenvalue weighted by atomic mass is 9.92. The summed E-state index contributed by atoms with van der Waals surface area (Å²) in [6.07, 6.45) is 0. The van der Waals surface area contributed by atoms with E-state index in [2.05, 4.69) is 133 Å². The van der Waals surface area contributed by atoms with E-state index in [1.54, 1.807) is 0 Å². The molecule has 0 unspecified atom stereocenters.